The lowest BCUT2D eigenvalue weighted by atomic mass is 9.95. The first kappa shape index (κ1) is 32.0. The number of amides is 1. The Labute approximate surface area is 281 Å². The van der Waals surface area contributed by atoms with Crippen LogP contribution in [0.3, 0.4) is 0 Å². The van der Waals surface area contributed by atoms with E-state index in [4.69, 9.17) is 9.47 Å². The van der Waals surface area contributed by atoms with Gasteiger partial charge in [0.05, 0.1) is 25.3 Å². The monoisotopic (exact) mass is 663 g/mol. The number of allylic oxidation sites excluding steroid dienone is 1. The van der Waals surface area contributed by atoms with Gasteiger partial charge in [-0.3, -0.25) is 14.5 Å². The fourth-order valence-corrected chi connectivity index (χ4v) is 7.28. The molecule has 0 aliphatic carbocycles. The van der Waals surface area contributed by atoms with E-state index in [0.717, 1.165) is 29.4 Å². The molecule has 0 spiro atoms. The van der Waals surface area contributed by atoms with Crippen molar-refractivity contribution in [2.24, 2.45) is 0 Å². The van der Waals surface area contributed by atoms with E-state index in [2.05, 4.69) is 41.4 Å². The highest BCUT2D eigenvalue weighted by atomic mass is 32.2. The second-order valence-electron chi connectivity index (χ2n) is 10.8. The number of nitrogens with zero attached hydrogens (tertiary/aromatic N) is 3. The van der Waals surface area contributed by atoms with Crippen LogP contribution in [0.25, 0.3) is 16.8 Å². The number of methoxy groups -OCH3 is 1. The van der Waals surface area contributed by atoms with Crippen LogP contribution >= 0.6 is 23.1 Å². The molecule has 1 unspecified atom stereocenters. The molecule has 8 nitrogen and oxygen atoms in total. The maximum atomic E-state index is 13.7. The van der Waals surface area contributed by atoms with Crippen molar-refractivity contribution in [3.63, 3.8) is 0 Å². The topological polar surface area (TPSA) is 102 Å². The van der Waals surface area contributed by atoms with E-state index in [9.17, 15) is 14.7 Å². The fourth-order valence-electron chi connectivity index (χ4n) is 5.41. The first-order valence-electron chi connectivity index (χ1n) is 15.3. The lowest BCUT2D eigenvalue weighted by Crippen LogP contribution is -2.30. The third-order valence-electron chi connectivity index (χ3n) is 7.79. The number of benzene rings is 4. The number of thioether (sulfide) groups is 1. The van der Waals surface area contributed by atoms with Crippen molar-refractivity contribution in [1.29, 1.82) is 0 Å². The molecule has 0 saturated heterocycles. The molecule has 10 heteroatoms. The van der Waals surface area contributed by atoms with Crippen LogP contribution in [0.4, 0.5) is 5.13 Å². The second kappa shape index (κ2) is 14.7. The summed E-state index contributed by atoms with van der Waals surface area (Å²) in [7, 11) is 1.54. The van der Waals surface area contributed by atoms with Gasteiger partial charge in [0.1, 0.15) is 0 Å². The van der Waals surface area contributed by atoms with E-state index in [0.29, 0.717) is 33.8 Å². The Hall–Kier alpha value is -4.93. The van der Waals surface area contributed by atoms with Crippen LogP contribution in [0.1, 0.15) is 42.5 Å². The number of ether oxygens (including phenoxy) is 2. The normalized spacial score (nSPS) is 14.8. The number of aromatic nitrogens is 2. The molecule has 0 bridgehead atoms. The van der Waals surface area contributed by atoms with Crippen LogP contribution in [-0.4, -0.2) is 40.7 Å². The summed E-state index contributed by atoms with van der Waals surface area (Å²) in [4.78, 5) is 28.8. The van der Waals surface area contributed by atoms with Crippen LogP contribution in [-0.2, 0) is 15.3 Å². The van der Waals surface area contributed by atoms with Gasteiger partial charge in [0, 0.05) is 5.75 Å². The largest absolute Gasteiger partial charge is 0.503 e. The molecule has 5 aromatic rings. The minimum atomic E-state index is -0.974. The zero-order chi connectivity index (χ0) is 32.8. The lowest BCUT2D eigenvalue weighted by Gasteiger charge is -2.24. The minimum Gasteiger partial charge on any atom is -0.503 e. The van der Waals surface area contributed by atoms with Crippen molar-refractivity contribution in [2.45, 2.75) is 35.9 Å². The Morgan fingerprint density at radius 1 is 1.00 bits per heavy atom. The number of fused-ring (bicyclic) bond motifs is 1. The van der Waals surface area contributed by atoms with Gasteiger partial charge in [-0.25, -0.2) is 0 Å². The zero-order valence-electron chi connectivity index (χ0n) is 26.0. The summed E-state index contributed by atoms with van der Waals surface area (Å²) in [5.74, 6) is -0.192. The van der Waals surface area contributed by atoms with Crippen molar-refractivity contribution < 1.29 is 24.2 Å². The number of unbranched alkanes of at least 4 members (excludes halogenated alkanes) is 1. The molecule has 1 aliphatic heterocycles. The summed E-state index contributed by atoms with van der Waals surface area (Å²) in [6, 6.07) is 28.1. The molecule has 2 heterocycles. The maximum Gasteiger partial charge on any atom is 0.296 e. The SMILES string of the molecule is CCCCOc1ccc(C2C(C(=O)C=Cc3ccccc3)=C(O)C(=O)N2c2nnc(SCc3cccc4ccccc34)s2)cc1OC. The maximum absolute atomic E-state index is 13.7. The van der Waals surface area contributed by atoms with Crippen LogP contribution < -0.4 is 14.4 Å². The Morgan fingerprint density at radius 2 is 1.79 bits per heavy atom. The van der Waals surface area contributed by atoms with Crippen molar-refractivity contribution in [3.05, 3.63) is 125 Å². The molecule has 1 aliphatic rings. The summed E-state index contributed by atoms with van der Waals surface area (Å²) in [6.07, 6.45) is 4.90. The highest BCUT2D eigenvalue weighted by molar-refractivity contribution is 8.00. The Bertz CT molecular complexity index is 1970. The van der Waals surface area contributed by atoms with Gasteiger partial charge in [-0.15, -0.1) is 10.2 Å². The number of carbonyl (C=O) groups is 2. The molecule has 1 atom stereocenters. The van der Waals surface area contributed by atoms with E-state index in [1.54, 1.807) is 24.3 Å². The first-order valence-corrected chi connectivity index (χ1v) is 17.1. The number of aliphatic hydroxyl groups is 1. The summed E-state index contributed by atoms with van der Waals surface area (Å²) >= 11 is 2.75. The average Bonchev–Trinajstić information content (AvgIpc) is 3.68. The predicted molar refractivity (Wildman–Crippen MR) is 187 cm³/mol. The van der Waals surface area contributed by atoms with Gasteiger partial charge in [-0.1, -0.05) is 121 Å². The zero-order valence-corrected chi connectivity index (χ0v) is 27.6. The van der Waals surface area contributed by atoms with Crippen molar-refractivity contribution >= 4 is 56.8 Å². The fraction of sp³-hybridized carbons (Fsp3) is 0.189. The summed E-state index contributed by atoms with van der Waals surface area (Å²) in [5, 5.41) is 22.5. The quantitative estimate of drug-likeness (QED) is 0.0581. The third kappa shape index (κ3) is 6.94. The van der Waals surface area contributed by atoms with Crippen LogP contribution in [0.15, 0.2) is 113 Å². The van der Waals surface area contributed by atoms with Gasteiger partial charge in [-0.05, 0) is 52.1 Å². The molecule has 0 saturated carbocycles. The first-order chi connectivity index (χ1) is 23.0. The van der Waals surface area contributed by atoms with E-state index in [1.807, 2.05) is 48.5 Å². The number of aliphatic hydroxyl groups excluding tert-OH is 1. The molecule has 1 amide bonds. The van der Waals surface area contributed by atoms with Gasteiger partial charge in [0.25, 0.3) is 5.91 Å². The van der Waals surface area contributed by atoms with Gasteiger partial charge in [-0.2, -0.15) is 0 Å². The smallest absolute Gasteiger partial charge is 0.296 e. The Balaban J connectivity index is 1.33. The van der Waals surface area contributed by atoms with Crippen LogP contribution in [0, 0.1) is 0 Å². The van der Waals surface area contributed by atoms with E-state index < -0.39 is 23.5 Å². The third-order valence-corrected chi connectivity index (χ3v) is 9.90. The molecule has 4 aromatic carbocycles. The Morgan fingerprint density at radius 3 is 2.60 bits per heavy atom. The highest BCUT2D eigenvalue weighted by Crippen LogP contribution is 2.45. The molecule has 0 radical (unpaired) electrons. The van der Waals surface area contributed by atoms with Crippen molar-refractivity contribution in [2.75, 3.05) is 18.6 Å². The summed E-state index contributed by atoms with van der Waals surface area (Å²) < 4.78 is 12.2. The van der Waals surface area contributed by atoms with Gasteiger partial charge in [0.2, 0.25) is 5.13 Å². The van der Waals surface area contributed by atoms with Gasteiger partial charge in [0.15, 0.2) is 27.4 Å². The number of rotatable bonds is 13. The lowest BCUT2D eigenvalue weighted by molar-refractivity contribution is -0.117. The minimum absolute atomic E-state index is 0.0518. The van der Waals surface area contributed by atoms with E-state index in [1.165, 1.54) is 46.6 Å². The molecule has 47 heavy (non-hydrogen) atoms. The number of hydrogen-bond donors (Lipinski definition) is 1. The molecular formula is C37H33N3O5S2. The van der Waals surface area contributed by atoms with E-state index in [-0.39, 0.29) is 10.7 Å². The Kier molecular flexibility index (Phi) is 9.99. The molecule has 1 aromatic heterocycles. The number of carbonyl (C=O) groups excluding carboxylic acids is 2. The molecule has 6 rings (SSSR count). The highest BCUT2D eigenvalue weighted by Gasteiger charge is 2.45. The van der Waals surface area contributed by atoms with Crippen LogP contribution in [0.2, 0.25) is 0 Å². The molecule has 238 valence electrons. The predicted octanol–water partition coefficient (Wildman–Crippen LogP) is 8.35. The molecule has 0 fully saturated rings. The van der Waals surface area contributed by atoms with Gasteiger partial charge < -0.3 is 14.6 Å². The standard InChI is InChI=1S/C37H33N3O5S2/c1-3-4-21-45-30-20-18-26(22-31(30)44-2)33-32(29(41)19-17-24-11-6-5-7-12-24)34(42)35(43)40(33)36-38-39-37(47-36)46-23-27-15-10-14-25-13-8-9-16-28(25)27/h5-20,22,33,42H,3-4,21,23H2,1-2H3. The van der Waals surface area contributed by atoms with Gasteiger partial charge >= 0.3 is 0 Å². The number of ketones is 1. The van der Waals surface area contributed by atoms with Crippen molar-refractivity contribution in [3.8, 4) is 11.5 Å². The number of anilines is 1. The second-order valence-corrected chi connectivity index (χ2v) is 13.0. The van der Waals surface area contributed by atoms with Crippen LogP contribution in [0.5, 0.6) is 11.5 Å². The number of hydrogen-bond acceptors (Lipinski definition) is 9. The molecule has 1 N–H and O–H groups in total. The summed E-state index contributed by atoms with van der Waals surface area (Å²) in [5.41, 5.74) is 2.47. The van der Waals surface area contributed by atoms with E-state index >= 15 is 0 Å². The summed E-state index contributed by atoms with van der Waals surface area (Å²) in [6.45, 7) is 2.61. The molecular weight excluding hydrogens is 631 g/mol. The van der Waals surface area contributed by atoms with Crippen molar-refractivity contribution in [1.82, 2.24) is 10.2 Å². The average molecular weight is 664 g/mol.